The van der Waals surface area contributed by atoms with Crippen molar-refractivity contribution >= 4 is 11.7 Å². The Labute approximate surface area is 113 Å². The smallest absolute Gasteiger partial charge is 0.257 e. The first-order valence-corrected chi connectivity index (χ1v) is 6.61. The van der Waals surface area contributed by atoms with Crippen LogP contribution in [-0.2, 0) is 7.05 Å². The van der Waals surface area contributed by atoms with E-state index in [9.17, 15) is 4.79 Å². The van der Waals surface area contributed by atoms with Gasteiger partial charge in [0.2, 0.25) is 0 Å². The molecule has 1 fully saturated rings. The highest BCUT2D eigenvalue weighted by atomic mass is 16.2. The van der Waals surface area contributed by atoms with Gasteiger partial charge in [0.05, 0.1) is 11.2 Å². The molecule has 2 rings (SSSR count). The molecule has 0 unspecified atom stereocenters. The third-order valence-electron chi connectivity index (χ3n) is 3.80. The van der Waals surface area contributed by atoms with Gasteiger partial charge in [-0.15, -0.1) is 0 Å². The summed E-state index contributed by atoms with van der Waals surface area (Å²) in [4.78, 5) is 14.5. The lowest BCUT2D eigenvalue weighted by molar-refractivity contribution is 0.0773. The Hall–Kier alpha value is -1.56. The summed E-state index contributed by atoms with van der Waals surface area (Å²) in [5.41, 5.74) is 7.00. The SMILES string of the molecule is Cc1nn(C)c(N)c1C(=O)NC1(CN(C)C)CCC1. The van der Waals surface area contributed by atoms with Gasteiger partial charge < -0.3 is 16.0 Å². The quantitative estimate of drug-likeness (QED) is 0.832. The molecule has 6 nitrogen and oxygen atoms in total. The molecule has 0 radical (unpaired) electrons. The fourth-order valence-corrected chi connectivity index (χ4v) is 2.79. The Kier molecular flexibility index (Phi) is 3.54. The summed E-state index contributed by atoms with van der Waals surface area (Å²) in [5.74, 6) is 0.318. The van der Waals surface area contributed by atoms with Crippen molar-refractivity contribution < 1.29 is 4.79 Å². The highest BCUT2D eigenvalue weighted by Gasteiger charge is 2.39. The molecule has 0 aromatic carbocycles. The zero-order valence-electron chi connectivity index (χ0n) is 12.2. The van der Waals surface area contributed by atoms with Crippen LogP contribution >= 0.6 is 0 Å². The topological polar surface area (TPSA) is 76.2 Å². The first-order valence-electron chi connectivity index (χ1n) is 6.61. The van der Waals surface area contributed by atoms with Crippen LogP contribution in [0.15, 0.2) is 0 Å². The van der Waals surface area contributed by atoms with Crippen molar-refractivity contribution in [3.8, 4) is 0 Å². The minimum Gasteiger partial charge on any atom is -0.383 e. The number of carbonyl (C=O) groups excluding carboxylic acids is 1. The average molecular weight is 265 g/mol. The van der Waals surface area contributed by atoms with Gasteiger partial charge in [0.25, 0.3) is 5.91 Å². The number of aryl methyl sites for hydroxylation is 2. The maximum atomic E-state index is 12.4. The van der Waals surface area contributed by atoms with E-state index < -0.39 is 0 Å². The van der Waals surface area contributed by atoms with Gasteiger partial charge in [0.1, 0.15) is 11.4 Å². The van der Waals surface area contributed by atoms with E-state index in [-0.39, 0.29) is 11.4 Å². The van der Waals surface area contributed by atoms with Crippen molar-refractivity contribution in [2.24, 2.45) is 7.05 Å². The van der Waals surface area contributed by atoms with Gasteiger partial charge in [-0.25, -0.2) is 0 Å². The highest BCUT2D eigenvalue weighted by molar-refractivity contribution is 6.00. The summed E-state index contributed by atoms with van der Waals surface area (Å²) in [5, 5.41) is 7.35. The normalized spacial score (nSPS) is 17.3. The van der Waals surface area contributed by atoms with Crippen molar-refractivity contribution in [2.75, 3.05) is 26.4 Å². The number of amides is 1. The van der Waals surface area contributed by atoms with E-state index in [4.69, 9.17) is 5.73 Å². The number of nitrogens with one attached hydrogen (secondary N) is 1. The second-order valence-corrected chi connectivity index (χ2v) is 5.80. The van der Waals surface area contributed by atoms with Crippen LogP contribution in [0, 0.1) is 6.92 Å². The average Bonchev–Trinajstić information content (AvgIpc) is 2.49. The Morgan fingerprint density at radius 3 is 2.53 bits per heavy atom. The summed E-state index contributed by atoms with van der Waals surface area (Å²) in [6, 6.07) is 0. The molecule has 1 heterocycles. The van der Waals surface area contributed by atoms with E-state index in [1.807, 2.05) is 21.0 Å². The van der Waals surface area contributed by atoms with Crippen LogP contribution in [0.1, 0.15) is 35.3 Å². The lowest BCUT2D eigenvalue weighted by Gasteiger charge is -2.44. The fraction of sp³-hybridized carbons (Fsp3) is 0.692. The molecule has 3 N–H and O–H groups in total. The second kappa shape index (κ2) is 4.85. The minimum atomic E-state index is -0.107. The number of hydrogen-bond donors (Lipinski definition) is 2. The molecule has 1 aliphatic carbocycles. The second-order valence-electron chi connectivity index (χ2n) is 5.80. The minimum absolute atomic E-state index is 0.102. The first kappa shape index (κ1) is 13.9. The van der Waals surface area contributed by atoms with E-state index in [0.29, 0.717) is 17.1 Å². The lowest BCUT2D eigenvalue weighted by atomic mass is 9.76. The van der Waals surface area contributed by atoms with Crippen LogP contribution < -0.4 is 11.1 Å². The van der Waals surface area contributed by atoms with Crippen molar-refractivity contribution in [1.29, 1.82) is 0 Å². The Morgan fingerprint density at radius 2 is 2.16 bits per heavy atom. The van der Waals surface area contributed by atoms with Crippen LogP contribution in [0.5, 0.6) is 0 Å². The van der Waals surface area contributed by atoms with Gasteiger partial charge in [-0.05, 0) is 40.3 Å². The van der Waals surface area contributed by atoms with Gasteiger partial charge >= 0.3 is 0 Å². The monoisotopic (exact) mass is 265 g/mol. The molecule has 0 spiro atoms. The van der Waals surface area contributed by atoms with E-state index >= 15 is 0 Å². The van der Waals surface area contributed by atoms with Crippen LogP contribution in [0.2, 0.25) is 0 Å². The van der Waals surface area contributed by atoms with Crippen LogP contribution in [0.3, 0.4) is 0 Å². The van der Waals surface area contributed by atoms with E-state index in [1.54, 1.807) is 11.7 Å². The number of nitrogens with zero attached hydrogens (tertiary/aromatic N) is 3. The van der Waals surface area contributed by atoms with Crippen molar-refractivity contribution in [1.82, 2.24) is 20.0 Å². The van der Waals surface area contributed by atoms with E-state index in [1.165, 1.54) is 0 Å². The van der Waals surface area contributed by atoms with Crippen molar-refractivity contribution in [2.45, 2.75) is 31.7 Å². The molecule has 0 aliphatic heterocycles. The molecule has 1 amide bonds. The highest BCUT2D eigenvalue weighted by Crippen LogP contribution is 2.33. The zero-order valence-corrected chi connectivity index (χ0v) is 12.2. The predicted octanol–water partition coefficient (Wildman–Crippen LogP) is 0.525. The number of aromatic nitrogens is 2. The third kappa shape index (κ3) is 2.58. The molecule has 1 aliphatic rings. The third-order valence-corrected chi connectivity index (χ3v) is 3.80. The molecular weight excluding hydrogens is 242 g/mol. The predicted molar refractivity (Wildman–Crippen MR) is 75.0 cm³/mol. The number of carbonyl (C=O) groups is 1. The van der Waals surface area contributed by atoms with Gasteiger partial charge in [-0.2, -0.15) is 5.10 Å². The van der Waals surface area contributed by atoms with Gasteiger partial charge in [-0.1, -0.05) is 0 Å². The Bertz CT molecular complexity index is 487. The van der Waals surface area contributed by atoms with Crippen LogP contribution in [0.25, 0.3) is 0 Å². The molecular formula is C13H23N5O. The standard InChI is InChI=1S/C13H23N5O/c1-9-10(11(14)18(4)16-9)12(19)15-13(6-5-7-13)8-17(2)3/h5-8,14H2,1-4H3,(H,15,19). The molecule has 1 aromatic rings. The molecule has 19 heavy (non-hydrogen) atoms. The Morgan fingerprint density at radius 1 is 1.53 bits per heavy atom. The Balaban J connectivity index is 2.16. The number of rotatable bonds is 4. The van der Waals surface area contributed by atoms with Crippen LogP contribution in [0.4, 0.5) is 5.82 Å². The van der Waals surface area contributed by atoms with E-state index in [2.05, 4.69) is 15.3 Å². The molecule has 0 atom stereocenters. The summed E-state index contributed by atoms with van der Waals surface area (Å²) < 4.78 is 1.55. The maximum Gasteiger partial charge on any atom is 0.257 e. The summed E-state index contributed by atoms with van der Waals surface area (Å²) >= 11 is 0. The molecule has 1 saturated carbocycles. The molecule has 106 valence electrons. The number of likely N-dealkylation sites (N-methyl/N-ethyl adjacent to an activating group) is 1. The first-order chi connectivity index (χ1) is 8.84. The molecule has 1 aromatic heterocycles. The lowest BCUT2D eigenvalue weighted by Crippen LogP contribution is -2.59. The summed E-state index contributed by atoms with van der Waals surface area (Å²) in [7, 11) is 5.80. The number of hydrogen-bond acceptors (Lipinski definition) is 4. The number of anilines is 1. The van der Waals surface area contributed by atoms with Gasteiger partial charge in [0, 0.05) is 13.6 Å². The largest absolute Gasteiger partial charge is 0.383 e. The molecule has 6 heteroatoms. The molecule has 0 saturated heterocycles. The maximum absolute atomic E-state index is 12.4. The molecule has 0 bridgehead atoms. The van der Waals surface area contributed by atoms with E-state index in [0.717, 1.165) is 25.8 Å². The zero-order chi connectivity index (χ0) is 14.2. The fourth-order valence-electron chi connectivity index (χ4n) is 2.79. The van der Waals surface area contributed by atoms with Gasteiger partial charge in [-0.3, -0.25) is 9.48 Å². The number of nitrogen functional groups attached to an aromatic ring is 1. The van der Waals surface area contributed by atoms with Crippen LogP contribution in [-0.4, -0.2) is 46.8 Å². The summed E-state index contributed by atoms with van der Waals surface area (Å²) in [6.07, 6.45) is 3.21. The summed E-state index contributed by atoms with van der Waals surface area (Å²) in [6.45, 7) is 2.67. The van der Waals surface area contributed by atoms with Gasteiger partial charge in [0.15, 0.2) is 0 Å². The van der Waals surface area contributed by atoms with Crippen molar-refractivity contribution in [3.05, 3.63) is 11.3 Å². The van der Waals surface area contributed by atoms with Crippen molar-refractivity contribution in [3.63, 3.8) is 0 Å². The number of nitrogens with two attached hydrogens (primary N) is 1.